The van der Waals surface area contributed by atoms with Gasteiger partial charge in [0.2, 0.25) is 23.7 Å². The Morgan fingerprint density at radius 1 is 0.875 bits per heavy atom. The molecule has 3 atom stereocenters. The number of thiazole rings is 1. The molecule has 4 fully saturated rings. The standard InChI is InChI=1S/C60H77N13O6S/c1-8-24-72-56(77)47-31-62-58(67-54(47)73(72)50-11-9-10-49(65-50)60(6,7)79)64-44-20-22-45(23-21-44)70-27-25-68(26-28-70)32-40-14-16-41(17-15-40)43-33-69(34-43)36-51(75)66-53(59(3,4)5)57(78)71-35-46(74)29-48(71)55(76)61-30-39-12-18-42(19-13-39)52-38(2)63-37-80-52/h8-13,18-23,31,37,40-41,43,46,48,53,74,79H,1,14-17,24-30,32-36H2,2-7H3,(H,61,76)(H,66,75)(H,62,64,67)/t40?,41?,46?,48?,53-/m1/s1. The van der Waals surface area contributed by atoms with Crippen molar-refractivity contribution in [3.8, 4) is 16.3 Å². The largest absolute Gasteiger partial charge is 0.391 e. The number of carbonyl (C=O) groups is 3. The average Bonchev–Trinajstić information content (AvgIpc) is 4.12. The molecule has 0 spiro atoms. The number of benzene rings is 2. The summed E-state index contributed by atoms with van der Waals surface area (Å²) in [6.45, 7) is 22.5. The van der Waals surface area contributed by atoms with Crippen LogP contribution in [0.5, 0.6) is 0 Å². The Hall–Kier alpha value is -6.84. The van der Waals surface area contributed by atoms with Gasteiger partial charge in [-0.1, -0.05) is 57.2 Å². The number of aliphatic hydroxyl groups excluding tert-OH is 1. The molecule has 2 aromatic carbocycles. The number of fused-ring (bicyclic) bond motifs is 1. The minimum absolute atomic E-state index is 0.0339. The van der Waals surface area contributed by atoms with Crippen LogP contribution in [-0.4, -0.2) is 149 Å². The SMILES string of the molecule is C=CCn1c(=O)c2cnc(Nc3ccc(N4CCN(CC5CCC(C6CN(CC(=O)N[C@H](C(=O)N7CC(O)CC7C(=O)NCc7ccc(-c8scnc8C)cc7)C(C)(C)C)C6)CC5)CC4)cc3)nc2n1-c1cccc(C(C)(C)O)n1. The number of piperazine rings is 1. The molecule has 2 unspecified atom stereocenters. The summed E-state index contributed by atoms with van der Waals surface area (Å²) in [6, 6.07) is 19.9. The molecule has 10 rings (SSSR count). The van der Waals surface area contributed by atoms with Gasteiger partial charge in [-0.15, -0.1) is 17.9 Å². The van der Waals surface area contributed by atoms with E-state index in [1.165, 1.54) is 41.5 Å². The van der Waals surface area contributed by atoms with E-state index in [0.29, 0.717) is 46.2 Å². The number of aromatic nitrogens is 6. The summed E-state index contributed by atoms with van der Waals surface area (Å²) < 4.78 is 3.16. The van der Waals surface area contributed by atoms with Gasteiger partial charge in [0.05, 0.1) is 41.0 Å². The molecule has 0 bridgehead atoms. The maximum Gasteiger partial charge on any atom is 0.278 e. The van der Waals surface area contributed by atoms with Gasteiger partial charge in [-0.3, -0.25) is 29.0 Å². The van der Waals surface area contributed by atoms with Crippen LogP contribution in [0.2, 0.25) is 0 Å². The van der Waals surface area contributed by atoms with E-state index in [1.807, 2.05) is 69.6 Å². The van der Waals surface area contributed by atoms with Crippen LogP contribution < -0.4 is 26.4 Å². The number of anilines is 3. The van der Waals surface area contributed by atoms with Crippen LogP contribution in [0.25, 0.3) is 27.3 Å². The number of nitrogens with one attached hydrogen (secondary N) is 3. The minimum atomic E-state index is -1.18. The van der Waals surface area contributed by atoms with Gasteiger partial charge in [0, 0.05) is 82.9 Å². The second kappa shape index (κ2) is 23.7. The number of aliphatic hydroxyl groups is 2. The van der Waals surface area contributed by atoms with Crippen LogP contribution >= 0.6 is 11.3 Å². The van der Waals surface area contributed by atoms with Crippen molar-refractivity contribution in [3.63, 3.8) is 0 Å². The zero-order valence-corrected chi connectivity index (χ0v) is 47.8. The summed E-state index contributed by atoms with van der Waals surface area (Å²) >= 11 is 1.59. The fourth-order valence-electron chi connectivity index (χ4n) is 12.0. The van der Waals surface area contributed by atoms with Crippen molar-refractivity contribution in [2.24, 2.45) is 23.2 Å². The molecule has 19 nitrogen and oxygen atoms in total. The summed E-state index contributed by atoms with van der Waals surface area (Å²) in [5.41, 5.74) is 5.55. The van der Waals surface area contributed by atoms with Gasteiger partial charge in [-0.25, -0.2) is 24.3 Å². The number of nitrogens with zero attached hydrogens (tertiary/aromatic N) is 10. The lowest BCUT2D eigenvalue weighted by Crippen LogP contribution is -2.60. The van der Waals surface area contributed by atoms with E-state index in [9.17, 15) is 29.4 Å². The lowest BCUT2D eigenvalue weighted by atomic mass is 9.73. The highest BCUT2D eigenvalue weighted by Crippen LogP contribution is 2.38. The molecule has 1 aliphatic carbocycles. The Morgan fingerprint density at radius 3 is 2.26 bits per heavy atom. The van der Waals surface area contributed by atoms with Crippen molar-refractivity contribution in [3.05, 3.63) is 118 Å². The van der Waals surface area contributed by atoms with E-state index >= 15 is 0 Å². The fraction of sp³-hybridized carbons (Fsp3) is 0.500. The third-order valence-electron chi connectivity index (χ3n) is 16.6. The maximum atomic E-state index is 14.2. The lowest BCUT2D eigenvalue weighted by molar-refractivity contribution is -0.144. The number of allylic oxidation sites excluding steroid dienone is 1. The van der Waals surface area contributed by atoms with Gasteiger partial charge >= 0.3 is 0 Å². The predicted octanol–water partition coefficient (Wildman–Crippen LogP) is 6.24. The summed E-state index contributed by atoms with van der Waals surface area (Å²) in [7, 11) is 0. The number of pyridine rings is 1. The Bertz CT molecular complexity index is 3230. The summed E-state index contributed by atoms with van der Waals surface area (Å²) in [4.78, 5) is 83.0. The zero-order chi connectivity index (χ0) is 56.5. The Kier molecular flexibility index (Phi) is 16.7. The predicted molar refractivity (Wildman–Crippen MR) is 312 cm³/mol. The van der Waals surface area contributed by atoms with E-state index in [2.05, 4.69) is 64.3 Å². The molecular formula is C60H77N13O6S. The fourth-order valence-corrected chi connectivity index (χ4v) is 12.8. The number of β-amino-alcohol motifs (C(OH)–C–C–N with tert-alkyl or cyclic N) is 1. The van der Waals surface area contributed by atoms with Crippen LogP contribution in [0.4, 0.5) is 17.3 Å². The van der Waals surface area contributed by atoms with E-state index < -0.39 is 29.2 Å². The number of aryl methyl sites for hydroxylation is 1. The topological polar surface area (TPSA) is 219 Å². The molecule has 6 aromatic rings. The highest BCUT2D eigenvalue weighted by Gasteiger charge is 2.45. The lowest BCUT2D eigenvalue weighted by Gasteiger charge is -2.46. The van der Waals surface area contributed by atoms with Gasteiger partial charge in [0.1, 0.15) is 23.1 Å². The Labute approximate surface area is 472 Å². The maximum absolute atomic E-state index is 14.2. The van der Waals surface area contributed by atoms with Crippen LogP contribution in [-0.2, 0) is 33.1 Å². The van der Waals surface area contributed by atoms with Crippen LogP contribution in [0.1, 0.15) is 83.7 Å². The minimum Gasteiger partial charge on any atom is -0.391 e. The number of hydrogen-bond donors (Lipinski definition) is 5. The van der Waals surface area contributed by atoms with Crippen LogP contribution in [0.15, 0.2) is 95.9 Å². The Morgan fingerprint density at radius 2 is 1.60 bits per heavy atom. The quantitative estimate of drug-likeness (QED) is 0.0603. The summed E-state index contributed by atoms with van der Waals surface area (Å²) in [5, 5.41) is 31.1. The molecule has 3 aliphatic heterocycles. The molecule has 424 valence electrons. The molecule has 80 heavy (non-hydrogen) atoms. The first-order valence-electron chi connectivity index (χ1n) is 28.2. The molecule has 5 N–H and O–H groups in total. The van der Waals surface area contributed by atoms with Crippen molar-refractivity contribution in [2.75, 3.05) is 69.1 Å². The zero-order valence-electron chi connectivity index (χ0n) is 47.0. The van der Waals surface area contributed by atoms with Crippen LogP contribution in [0.3, 0.4) is 0 Å². The number of likely N-dealkylation sites (tertiary alicyclic amines) is 2. The third-order valence-corrected chi connectivity index (χ3v) is 17.5. The van der Waals surface area contributed by atoms with Crippen molar-refractivity contribution in [1.29, 1.82) is 0 Å². The summed E-state index contributed by atoms with van der Waals surface area (Å²) in [6.07, 6.45) is 7.34. The number of hydrogen-bond acceptors (Lipinski definition) is 15. The smallest absolute Gasteiger partial charge is 0.278 e. The van der Waals surface area contributed by atoms with Crippen molar-refractivity contribution < 1.29 is 24.6 Å². The molecule has 20 heteroatoms. The van der Waals surface area contributed by atoms with Crippen LogP contribution in [0, 0.1) is 30.1 Å². The average molecular weight is 1110 g/mol. The molecule has 4 aromatic heterocycles. The highest BCUT2D eigenvalue weighted by molar-refractivity contribution is 7.13. The van der Waals surface area contributed by atoms with Gasteiger partial charge < -0.3 is 36.0 Å². The van der Waals surface area contributed by atoms with Gasteiger partial charge in [0.25, 0.3) is 5.56 Å². The van der Waals surface area contributed by atoms with E-state index in [-0.39, 0.29) is 55.9 Å². The van der Waals surface area contributed by atoms with Gasteiger partial charge in [-0.2, -0.15) is 4.98 Å². The van der Waals surface area contributed by atoms with Crippen molar-refractivity contribution in [2.45, 2.75) is 111 Å². The van der Waals surface area contributed by atoms with Crippen molar-refractivity contribution >= 4 is 57.4 Å². The number of amides is 3. The van der Waals surface area contributed by atoms with Gasteiger partial charge in [-0.05, 0) is 117 Å². The number of carbonyl (C=O) groups excluding carboxylic acids is 3. The summed E-state index contributed by atoms with van der Waals surface area (Å²) in [5.74, 6) is 1.80. The monoisotopic (exact) mass is 1110 g/mol. The van der Waals surface area contributed by atoms with Gasteiger partial charge in [0.15, 0.2) is 11.5 Å². The number of rotatable bonds is 18. The van der Waals surface area contributed by atoms with Crippen molar-refractivity contribution in [1.82, 2.24) is 54.6 Å². The second-order valence-corrected chi connectivity index (χ2v) is 24.9. The first-order valence-corrected chi connectivity index (χ1v) is 29.1. The van der Waals surface area contributed by atoms with E-state index in [4.69, 9.17) is 4.98 Å². The molecule has 7 heterocycles. The molecule has 3 saturated heterocycles. The first kappa shape index (κ1) is 56.4. The Balaban J connectivity index is 0.646. The molecule has 3 amide bonds. The molecule has 1 saturated carbocycles. The van der Waals surface area contributed by atoms with E-state index in [0.717, 1.165) is 78.9 Å². The third kappa shape index (κ3) is 12.7. The normalized spacial score (nSPS) is 20.9. The molecule has 0 radical (unpaired) electrons. The molecular weight excluding hydrogens is 1030 g/mol. The molecule has 4 aliphatic rings. The second-order valence-electron chi connectivity index (χ2n) is 24.0. The first-order chi connectivity index (χ1) is 38.3. The van der Waals surface area contributed by atoms with E-state index in [1.54, 1.807) is 54.1 Å². The highest BCUT2D eigenvalue weighted by atomic mass is 32.1.